The van der Waals surface area contributed by atoms with E-state index in [1.54, 1.807) is 0 Å². The summed E-state index contributed by atoms with van der Waals surface area (Å²) in [6.45, 7) is 11.9. The van der Waals surface area contributed by atoms with Gasteiger partial charge in [-0.15, -0.1) is 6.42 Å². The van der Waals surface area contributed by atoms with E-state index in [0.717, 1.165) is 17.4 Å². The highest BCUT2D eigenvalue weighted by molar-refractivity contribution is 5.76. The first-order valence-corrected chi connectivity index (χ1v) is 14.7. The SMILES string of the molecule is C#Cc1ccc(C(C)C2CCC(C(C(=C)C(C)CC3CC3)c3ccc(C4=CC(C)C=C4)cc3)CC2)cc1. The van der Waals surface area contributed by atoms with E-state index >= 15 is 0 Å². The van der Waals surface area contributed by atoms with E-state index in [2.05, 4.69) is 93.5 Å². The van der Waals surface area contributed by atoms with Gasteiger partial charge in [-0.2, -0.15) is 0 Å². The molecule has 3 aliphatic carbocycles. The third-order valence-electron chi connectivity index (χ3n) is 9.64. The Morgan fingerprint density at radius 3 is 2.08 bits per heavy atom. The largest absolute Gasteiger partial charge is 0.115 e. The van der Waals surface area contributed by atoms with Crippen molar-refractivity contribution < 1.29 is 0 Å². The summed E-state index contributed by atoms with van der Waals surface area (Å²) in [4.78, 5) is 0. The van der Waals surface area contributed by atoms with Gasteiger partial charge in [-0.25, -0.2) is 0 Å². The Hall–Kier alpha value is -2.78. The number of allylic oxidation sites excluding steroid dienone is 5. The first kappa shape index (κ1) is 25.9. The highest BCUT2D eigenvalue weighted by atomic mass is 14.4. The minimum atomic E-state index is 0.473. The molecule has 5 rings (SSSR count). The lowest BCUT2D eigenvalue weighted by atomic mass is 9.66. The standard InChI is InChI=1S/C37H44/c1-6-29-10-13-31(14-11-29)28(5)32-15-19-34(20-16-32)37(27(4)26(3)24-30-8-9-30)35-21-17-33(18-22-35)36-12-7-25(2)23-36/h1,7,10-14,17-18,21-23,25-26,28,30,32,34,37H,4,8-9,15-16,19-20,24H2,2-3,5H3. The molecule has 0 N–H and O–H groups in total. The van der Waals surface area contributed by atoms with Crippen molar-refractivity contribution in [3.05, 3.63) is 101 Å². The molecule has 0 saturated heterocycles. The van der Waals surface area contributed by atoms with Crippen molar-refractivity contribution in [2.24, 2.45) is 29.6 Å². The zero-order chi connectivity index (χ0) is 25.9. The van der Waals surface area contributed by atoms with Gasteiger partial charge in [0.25, 0.3) is 0 Å². The van der Waals surface area contributed by atoms with Crippen LogP contribution in [0, 0.1) is 41.9 Å². The van der Waals surface area contributed by atoms with E-state index in [9.17, 15) is 0 Å². The third-order valence-corrected chi connectivity index (χ3v) is 9.64. The minimum absolute atomic E-state index is 0.473. The molecule has 2 aromatic rings. The summed E-state index contributed by atoms with van der Waals surface area (Å²) in [6, 6.07) is 18.2. The molecular weight excluding hydrogens is 444 g/mol. The average molecular weight is 489 g/mol. The predicted octanol–water partition coefficient (Wildman–Crippen LogP) is 9.94. The monoisotopic (exact) mass is 488 g/mol. The molecule has 0 nitrogen and oxygen atoms in total. The summed E-state index contributed by atoms with van der Waals surface area (Å²) in [5, 5.41) is 0. The van der Waals surface area contributed by atoms with Crippen molar-refractivity contribution in [1.82, 2.24) is 0 Å². The van der Waals surface area contributed by atoms with Gasteiger partial charge in [0.1, 0.15) is 0 Å². The molecule has 2 saturated carbocycles. The summed E-state index contributed by atoms with van der Waals surface area (Å²) in [5.41, 5.74) is 8.07. The molecule has 3 aliphatic rings. The molecule has 0 aliphatic heterocycles. The van der Waals surface area contributed by atoms with Gasteiger partial charge in [-0.3, -0.25) is 0 Å². The van der Waals surface area contributed by atoms with E-state index in [1.807, 2.05) is 0 Å². The van der Waals surface area contributed by atoms with Crippen molar-refractivity contribution in [1.29, 1.82) is 0 Å². The molecule has 0 heterocycles. The van der Waals surface area contributed by atoms with Crippen molar-refractivity contribution in [2.45, 2.75) is 77.6 Å². The van der Waals surface area contributed by atoms with Gasteiger partial charge in [0.2, 0.25) is 0 Å². The van der Waals surface area contributed by atoms with Crippen LogP contribution in [-0.2, 0) is 0 Å². The highest BCUT2D eigenvalue weighted by Gasteiger charge is 2.35. The third kappa shape index (κ3) is 6.04. The zero-order valence-corrected chi connectivity index (χ0v) is 23.1. The van der Waals surface area contributed by atoms with Crippen LogP contribution in [0.5, 0.6) is 0 Å². The Bertz CT molecular complexity index is 1170. The molecule has 4 unspecified atom stereocenters. The van der Waals surface area contributed by atoms with Crippen LogP contribution in [0.15, 0.2) is 78.9 Å². The fourth-order valence-corrected chi connectivity index (χ4v) is 6.96. The smallest absolute Gasteiger partial charge is 0.0242 e. The average Bonchev–Trinajstić information content (AvgIpc) is 3.65. The number of terminal acetylenes is 1. The fourth-order valence-electron chi connectivity index (χ4n) is 6.96. The topological polar surface area (TPSA) is 0 Å². The number of benzene rings is 2. The Morgan fingerprint density at radius 1 is 0.892 bits per heavy atom. The molecule has 0 aromatic heterocycles. The van der Waals surface area contributed by atoms with E-state index in [4.69, 9.17) is 13.0 Å². The van der Waals surface area contributed by atoms with Crippen LogP contribution in [0.2, 0.25) is 0 Å². The maximum atomic E-state index is 5.57. The lowest BCUT2D eigenvalue weighted by Gasteiger charge is -2.39. The molecule has 0 bridgehead atoms. The van der Waals surface area contributed by atoms with Gasteiger partial charge in [-0.05, 0) is 102 Å². The molecule has 2 fully saturated rings. The Kier molecular flexibility index (Phi) is 7.90. The van der Waals surface area contributed by atoms with E-state index in [1.165, 1.54) is 72.8 Å². The maximum absolute atomic E-state index is 5.57. The van der Waals surface area contributed by atoms with Crippen LogP contribution in [0.1, 0.15) is 99.8 Å². The highest BCUT2D eigenvalue weighted by Crippen LogP contribution is 2.48. The molecule has 0 spiro atoms. The Balaban J connectivity index is 1.31. The quantitative estimate of drug-likeness (QED) is 0.243. The normalized spacial score (nSPS) is 25.7. The number of rotatable bonds is 9. The van der Waals surface area contributed by atoms with Crippen LogP contribution in [0.4, 0.5) is 0 Å². The molecule has 0 heteroatoms. The van der Waals surface area contributed by atoms with Gasteiger partial charge in [0.05, 0.1) is 0 Å². The Labute approximate surface area is 226 Å². The fraction of sp³-hybridized carbons (Fsp3) is 0.459. The van der Waals surface area contributed by atoms with Crippen LogP contribution < -0.4 is 0 Å². The van der Waals surface area contributed by atoms with Crippen LogP contribution in [-0.4, -0.2) is 0 Å². The van der Waals surface area contributed by atoms with Crippen molar-refractivity contribution in [3.63, 3.8) is 0 Å². The van der Waals surface area contributed by atoms with Gasteiger partial charge in [-0.1, -0.05) is 106 Å². The second kappa shape index (κ2) is 11.3. The number of hydrogen-bond donors (Lipinski definition) is 0. The van der Waals surface area contributed by atoms with Crippen molar-refractivity contribution >= 4 is 5.57 Å². The van der Waals surface area contributed by atoms with Crippen molar-refractivity contribution in [3.8, 4) is 12.3 Å². The second-order valence-corrected chi connectivity index (χ2v) is 12.3. The maximum Gasteiger partial charge on any atom is 0.0242 e. The summed E-state index contributed by atoms with van der Waals surface area (Å²) >= 11 is 0. The molecule has 192 valence electrons. The zero-order valence-electron chi connectivity index (χ0n) is 23.1. The first-order valence-electron chi connectivity index (χ1n) is 14.7. The van der Waals surface area contributed by atoms with Crippen molar-refractivity contribution in [2.75, 3.05) is 0 Å². The summed E-state index contributed by atoms with van der Waals surface area (Å²) < 4.78 is 0. The lowest BCUT2D eigenvalue weighted by Crippen LogP contribution is -2.25. The van der Waals surface area contributed by atoms with Gasteiger partial charge in [0.15, 0.2) is 0 Å². The van der Waals surface area contributed by atoms with E-state index in [0.29, 0.717) is 29.6 Å². The molecule has 4 atom stereocenters. The van der Waals surface area contributed by atoms with E-state index in [-0.39, 0.29) is 0 Å². The van der Waals surface area contributed by atoms with Gasteiger partial charge < -0.3 is 0 Å². The lowest BCUT2D eigenvalue weighted by molar-refractivity contribution is 0.228. The molecule has 37 heavy (non-hydrogen) atoms. The minimum Gasteiger partial charge on any atom is -0.115 e. The van der Waals surface area contributed by atoms with Crippen LogP contribution in [0.25, 0.3) is 5.57 Å². The second-order valence-electron chi connectivity index (χ2n) is 12.3. The van der Waals surface area contributed by atoms with Gasteiger partial charge in [0, 0.05) is 11.5 Å². The summed E-state index contributed by atoms with van der Waals surface area (Å²) in [7, 11) is 0. The Morgan fingerprint density at radius 2 is 1.51 bits per heavy atom. The van der Waals surface area contributed by atoms with Crippen LogP contribution >= 0.6 is 0 Å². The first-order chi connectivity index (χ1) is 17.9. The molecule has 0 radical (unpaired) electrons. The van der Waals surface area contributed by atoms with Gasteiger partial charge >= 0.3 is 0 Å². The molecule has 0 amide bonds. The summed E-state index contributed by atoms with van der Waals surface area (Å²) in [5.74, 6) is 7.32. The molecular formula is C37H44. The van der Waals surface area contributed by atoms with E-state index < -0.39 is 0 Å². The molecule has 2 aromatic carbocycles. The predicted molar refractivity (Wildman–Crippen MR) is 159 cm³/mol. The van der Waals surface area contributed by atoms with Crippen LogP contribution in [0.3, 0.4) is 0 Å². The summed E-state index contributed by atoms with van der Waals surface area (Å²) in [6.07, 6.45) is 21.9. The number of hydrogen-bond acceptors (Lipinski definition) is 0.